The van der Waals surface area contributed by atoms with E-state index in [0.29, 0.717) is 0 Å². The van der Waals surface area contributed by atoms with Crippen molar-refractivity contribution in [3.63, 3.8) is 0 Å². The molecule has 0 bridgehead atoms. The Morgan fingerprint density at radius 3 is 1.37 bits per heavy atom. The number of fused-ring (bicyclic) bond motifs is 13. The van der Waals surface area contributed by atoms with E-state index < -0.39 is 0 Å². The van der Waals surface area contributed by atoms with Gasteiger partial charge in [0, 0.05) is 83.1 Å². The first-order valence-corrected chi connectivity index (χ1v) is 30.5. The van der Waals surface area contributed by atoms with E-state index >= 15 is 0 Å². The normalized spacial score (nSPS) is 13.0. The summed E-state index contributed by atoms with van der Waals surface area (Å²) in [4.78, 5) is 5.34. The largest absolute Gasteiger partial charge is 0.456 e. The van der Waals surface area contributed by atoms with Crippen molar-refractivity contribution in [3.8, 4) is 33.6 Å². The molecule has 0 saturated carbocycles. The lowest BCUT2D eigenvalue weighted by Crippen LogP contribution is -2.61. The van der Waals surface area contributed by atoms with Crippen LogP contribution in [0.15, 0.2) is 265 Å². The van der Waals surface area contributed by atoms with Crippen molar-refractivity contribution in [2.24, 2.45) is 0 Å². The number of hydrogen-bond donors (Lipinski definition) is 0. The number of rotatable bonds is 9. The second kappa shape index (κ2) is 19.4. The molecule has 0 fully saturated rings. The highest BCUT2D eigenvalue weighted by Gasteiger charge is 2.46. The fraction of sp³-hybridized carbons (Fsp3) is 0.100. The smallest absolute Gasteiger partial charge is 0.252 e. The molecule has 0 unspecified atom stereocenters. The van der Waals surface area contributed by atoms with Crippen LogP contribution in [0.4, 0.5) is 34.1 Å². The molecule has 86 heavy (non-hydrogen) atoms. The minimum atomic E-state index is -0.260. The Balaban J connectivity index is 1.03. The quantitative estimate of drug-likeness (QED) is 0.135. The molecular formula is C80H61BN4O. The molecule has 3 aromatic heterocycles. The molecule has 12 aromatic carbocycles. The fourth-order valence-electron chi connectivity index (χ4n) is 14.7. The molecule has 0 amide bonds. The van der Waals surface area contributed by atoms with Gasteiger partial charge in [0.25, 0.3) is 6.71 Å². The van der Waals surface area contributed by atoms with E-state index in [1.165, 1.54) is 82.5 Å². The van der Waals surface area contributed by atoms with E-state index in [0.717, 1.165) is 97.6 Å². The number of aromatic nitrogens is 2. The summed E-state index contributed by atoms with van der Waals surface area (Å²) in [6.07, 6.45) is 2.92. The van der Waals surface area contributed by atoms with Crippen LogP contribution in [0.2, 0.25) is 0 Å². The van der Waals surface area contributed by atoms with Gasteiger partial charge in [0.05, 0.1) is 33.4 Å². The lowest BCUT2D eigenvalue weighted by molar-refractivity contribution is 0.590. The van der Waals surface area contributed by atoms with Gasteiger partial charge in [0.2, 0.25) is 0 Å². The van der Waals surface area contributed by atoms with Crippen LogP contribution in [-0.2, 0) is 11.8 Å². The van der Waals surface area contributed by atoms with Crippen molar-refractivity contribution < 1.29 is 4.42 Å². The van der Waals surface area contributed by atoms with Crippen molar-refractivity contribution in [1.29, 1.82) is 0 Å². The summed E-state index contributed by atoms with van der Waals surface area (Å²) < 4.78 is 12.1. The Bertz CT molecular complexity index is 5070. The predicted molar refractivity (Wildman–Crippen MR) is 365 cm³/mol. The first-order valence-electron chi connectivity index (χ1n) is 30.5. The van der Waals surface area contributed by atoms with Gasteiger partial charge in [-0.2, -0.15) is 0 Å². The monoisotopic (exact) mass is 1100 g/mol. The van der Waals surface area contributed by atoms with E-state index in [1.54, 1.807) is 0 Å². The summed E-state index contributed by atoms with van der Waals surface area (Å²) in [5.74, 6) is 0. The number of unbranched alkanes of at least 4 members (excludes halogenated alkanes) is 1. The average Bonchev–Trinajstić information content (AvgIpc) is 0.859. The predicted octanol–water partition coefficient (Wildman–Crippen LogP) is 19.8. The molecule has 17 rings (SSSR count). The summed E-state index contributed by atoms with van der Waals surface area (Å²) >= 11 is 0. The number of furan rings is 1. The van der Waals surface area contributed by atoms with Gasteiger partial charge in [-0.05, 0) is 130 Å². The maximum Gasteiger partial charge on any atom is 0.252 e. The molecule has 15 aromatic rings. The van der Waals surface area contributed by atoms with Crippen LogP contribution in [0.1, 0.15) is 51.7 Å². The van der Waals surface area contributed by atoms with Gasteiger partial charge < -0.3 is 23.4 Å². The van der Waals surface area contributed by atoms with Crippen molar-refractivity contribution in [2.75, 3.05) is 9.80 Å². The van der Waals surface area contributed by atoms with E-state index in [2.05, 4.69) is 307 Å². The minimum absolute atomic E-state index is 0.163. The van der Waals surface area contributed by atoms with Crippen LogP contribution in [0.25, 0.3) is 99.2 Å². The summed E-state index contributed by atoms with van der Waals surface area (Å²) in [5.41, 5.74) is 26.4. The van der Waals surface area contributed by atoms with Gasteiger partial charge in [-0.3, -0.25) is 0 Å². The maximum atomic E-state index is 7.11. The summed E-state index contributed by atoms with van der Waals surface area (Å²) in [7, 11) is 0. The zero-order valence-corrected chi connectivity index (χ0v) is 48.7. The molecule has 0 saturated heterocycles. The van der Waals surface area contributed by atoms with Crippen LogP contribution in [0.3, 0.4) is 0 Å². The third-order valence-electron chi connectivity index (χ3n) is 18.7. The average molecular weight is 1110 g/mol. The molecule has 0 atom stereocenters. The second-order valence-electron chi connectivity index (χ2n) is 24.6. The van der Waals surface area contributed by atoms with E-state index in [9.17, 15) is 0 Å². The fourth-order valence-corrected chi connectivity index (χ4v) is 14.7. The summed E-state index contributed by atoms with van der Waals surface area (Å²) in [6, 6.07) is 97.6. The van der Waals surface area contributed by atoms with Crippen LogP contribution in [-0.4, -0.2) is 15.8 Å². The van der Waals surface area contributed by atoms with Gasteiger partial charge in [0.15, 0.2) is 0 Å². The van der Waals surface area contributed by atoms with E-state index in [-0.39, 0.29) is 12.1 Å². The molecular weight excluding hydrogens is 1040 g/mol. The summed E-state index contributed by atoms with van der Waals surface area (Å²) in [6.45, 7) is 9.27. The molecule has 5 heterocycles. The molecule has 5 nitrogen and oxygen atoms in total. The third kappa shape index (κ3) is 7.51. The van der Waals surface area contributed by atoms with Crippen LogP contribution >= 0.6 is 0 Å². The van der Waals surface area contributed by atoms with Gasteiger partial charge in [0.1, 0.15) is 11.2 Å². The molecule has 0 N–H and O–H groups in total. The number of benzene rings is 12. The molecule has 0 radical (unpaired) electrons. The van der Waals surface area contributed by atoms with Gasteiger partial charge in [-0.1, -0.05) is 216 Å². The number of para-hydroxylation sites is 6. The van der Waals surface area contributed by atoms with Gasteiger partial charge in [-0.25, -0.2) is 0 Å². The van der Waals surface area contributed by atoms with Gasteiger partial charge >= 0.3 is 0 Å². The summed E-state index contributed by atoms with van der Waals surface area (Å²) in [5, 5.41) is 7.26. The molecule has 410 valence electrons. The van der Waals surface area contributed by atoms with Crippen LogP contribution in [0, 0.1) is 0 Å². The lowest BCUT2D eigenvalue weighted by atomic mass is 9.33. The van der Waals surface area contributed by atoms with Crippen molar-refractivity contribution in [1.82, 2.24) is 9.13 Å². The third-order valence-corrected chi connectivity index (χ3v) is 18.7. The Kier molecular flexibility index (Phi) is 11.3. The first-order chi connectivity index (χ1) is 42.3. The molecule has 6 heteroatoms. The Morgan fingerprint density at radius 2 is 0.860 bits per heavy atom. The highest BCUT2D eigenvalue weighted by Crippen LogP contribution is 2.53. The Morgan fingerprint density at radius 1 is 0.395 bits per heavy atom. The first kappa shape index (κ1) is 50.2. The maximum absolute atomic E-state index is 7.11. The van der Waals surface area contributed by atoms with Crippen molar-refractivity contribution in [3.05, 3.63) is 272 Å². The Hall–Kier alpha value is -10.3. The van der Waals surface area contributed by atoms with E-state index in [4.69, 9.17) is 4.42 Å². The van der Waals surface area contributed by atoms with Gasteiger partial charge in [-0.15, -0.1) is 0 Å². The SMILES string of the molecule is CCCCc1c(N2c3cc(-n4c5ccccc5c5ccccc54)ccc3B3c4ccc(-n5c6ccccc6c6ccccc65)cc4N(c4c(-c5ccccc5)cccc4-c4ccccc4)c4cc(C(C)(C)C)cc2c43)ccc2c1oc1ccccc12. The number of hydrogen-bond acceptors (Lipinski definition) is 3. The Labute approximate surface area is 501 Å². The molecule has 0 aliphatic carbocycles. The lowest BCUT2D eigenvalue weighted by Gasteiger charge is -2.46. The van der Waals surface area contributed by atoms with Crippen molar-refractivity contribution in [2.45, 2.75) is 52.4 Å². The topological polar surface area (TPSA) is 29.5 Å². The van der Waals surface area contributed by atoms with Crippen molar-refractivity contribution >= 4 is 123 Å². The molecule has 2 aliphatic rings. The second-order valence-corrected chi connectivity index (χ2v) is 24.6. The van der Waals surface area contributed by atoms with E-state index in [1.807, 2.05) is 0 Å². The number of aryl methyl sites for hydroxylation is 1. The highest BCUT2D eigenvalue weighted by atomic mass is 16.3. The number of nitrogens with zero attached hydrogens (tertiary/aromatic N) is 4. The molecule has 0 spiro atoms. The minimum Gasteiger partial charge on any atom is -0.456 e. The zero-order chi connectivity index (χ0) is 57.4. The number of anilines is 6. The standard InChI is InChI=1S/C80H61BN4O/c1-5-6-28-64-71(46-43-63-62-33-17-22-40-76(62)86-79(63)64)84-72-49-54(82-67-36-18-13-29-58(67)59-30-14-19-37-68(59)82)41-44-65(72)81-66-45-42-55(83-69-38-20-15-31-60(69)61-32-16-21-39-70(61)83)50-73(66)85(75-48-53(80(2,3)4)47-74(84)77(75)81)78-56(51-24-9-7-10-25-51)34-23-35-57(78)52-26-11-8-12-27-52/h7-27,29-50H,5-6,28H2,1-4H3. The molecule has 2 aliphatic heterocycles. The van der Waals surface area contributed by atoms with Crippen LogP contribution < -0.4 is 26.2 Å². The van der Waals surface area contributed by atoms with Crippen LogP contribution in [0.5, 0.6) is 0 Å². The highest BCUT2D eigenvalue weighted by molar-refractivity contribution is 7.00. The zero-order valence-electron chi connectivity index (χ0n) is 48.7.